The molecule has 0 spiro atoms. The van der Waals surface area contributed by atoms with E-state index in [4.69, 9.17) is 5.73 Å². The zero-order valence-corrected chi connectivity index (χ0v) is 10.6. The van der Waals surface area contributed by atoms with Crippen molar-refractivity contribution in [2.24, 2.45) is 5.73 Å². The van der Waals surface area contributed by atoms with Crippen LogP contribution in [0.4, 0.5) is 4.79 Å². The maximum Gasteiger partial charge on any atom is 0.315 e. The van der Waals surface area contributed by atoms with Gasteiger partial charge in [-0.1, -0.05) is 34.1 Å². The lowest BCUT2D eigenvalue weighted by Crippen LogP contribution is -2.36. The molecule has 2 amide bonds. The van der Waals surface area contributed by atoms with Gasteiger partial charge in [0.2, 0.25) is 0 Å². The fourth-order valence-corrected chi connectivity index (χ4v) is 1.61. The van der Waals surface area contributed by atoms with Gasteiger partial charge in [-0.2, -0.15) is 0 Å². The molecule has 0 atom stereocenters. The van der Waals surface area contributed by atoms with Crippen LogP contribution in [-0.4, -0.2) is 19.1 Å². The predicted molar refractivity (Wildman–Crippen MR) is 68.1 cm³/mol. The molecule has 0 saturated heterocycles. The van der Waals surface area contributed by atoms with E-state index in [0.29, 0.717) is 19.6 Å². The first-order valence-corrected chi connectivity index (χ1v) is 5.98. The second-order valence-corrected chi connectivity index (χ2v) is 4.20. The summed E-state index contributed by atoms with van der Waals surface area (Å²) in [4.78, 5) is 11.3. The van der Waals surface area contributed by atoms with Gasteiger partial charge in [0.25, 0.3) is 0 Å². The molecule has 0 bridgehead atoms. The van der Waals surface area contributed by atoms with Gasteiger partial charge in [-0.3, -0.25) is 0 Å². The van der Waals surface area contributed by atoms with Crippen molar-refractivity contribution in [3.63, 3.8) is 0 Å². The minimum absolute atomic E-state index is 0.163. The molecule has 16 heavy (non-hydrogen) atoms. The second-order valence-electron chi connectivity index (χ2n) is 3.34. The molecule has 4 N–H and O–H groups in total. The molecule has 0 heterocycles. The number of carbonyl (C=O) groups is 1. The topological polar surface area (TPSA) is 67.1 Å². The maximum atomic E-state index is 11.3. The number of hydrogen-bond acceptors (Lipinski definition) is 2. The number of benzene rings is 1. The van der Waals surface area contributed by atoms with Gasteiger partial charge in [0, 0.05) is 17.6 Å². The first kappa shape index (κ1) is 13.0. The third-order valence-corrected chi connectivity index (χ3v) is 2.84. The highest BCUT2D eigenvalue weighted by Crippen LogP contribution is 2.14. The molecular weight excluding hydrogens is 270 g/mol. The summed E-state index contributed by atoms with van der Waals surface area (Å²) in [5.41, 5.74) is 6.37. The van der Waals surface area contributed by atoms with Gasteiger partial charge in [0.15, 0.2) is 0 Å². The van der Waals surface area contributed by atoms with Gasteiger partial charge in [-0.15, -0.1) is 0 Å². The van der Waals surface area contributed by atoms with E-state index < -0.39 is 0 Å². The van der Waals surface area contributed by atoms with E-state index in [9.17, 15) is 4.79 Å². The molecule has 1 aromatic rings. The van der Waals surface area contributed by atoms with Gasteiger partial charge >= 0.3 is 6.03 Å². The van der Waals surface area contributed by atoms with Crippen molar-refractivity contribution in [2.75, 3.05) is 13.1 Å². The molecule has 4 nitrogen and oxygen atoms in total. The molecule has 0 aliphatic carbocycles. The third kappa shape index (κ3) is 4.63. The predicted octanol–water partition coefficient (Wildman–Crippen LogP) is 1.60. The summed E-state index contributed by atoms with van der Waals surface area (Å²) in [6.07, 6.45) is 0.794. The normalized spacial score (nSPS) is 9.88. The zero-order valence-electron chi connectivity index (χ0n) is 9.00. The van der Waals surface area contributed by atoms with E-state index in [1.54, 1.807) is 0 Å². The number of hydrogen-bond donors (Lipinski definition) is 3. The molecule has 0 fully saturated rings. The van der Waals surface area contributed by atoms with Gasteiger partial charge in [-0.05, 0) is 24.6 Å². The number of rotatable bonds is 5. The van der Waals surface area contributed by atoms with Crippen LogP contribution in [0.3, 0.4) is 0 Å². The van der Waals surface area contributed by atoms with E-state index in [1.807, 2.05) is 24.3 Å². The largest absolute Gasteiger partial charge is 0.338 e. The van der Waals surface area contributed by atoms with Crippen molar-refractivity contribution in [1.82, 2.24) is 10.6 Å². The zero-order chi connectivity index (χ0) is 11.8. The van der Waals surface area contributed by atoms with Crippen LogP contribution < -0.4 is 16.4 Å². The standard InChI is InChI=1S/C11H16BrN3O/c12-10-5-2-1-4-9(10)8-15-11(16)14-7-3-6-13/h1-2,4-5H,3,6-8,13H2,(H2,14,15,16). The van der Waals surface area contributed by atoms with Crippen molar-refractivity contribution in [1.29, 1.82) is 0 Å². The summed E-state index contributed by atoms with van der Waals surface area (Å²) >= 11 is 3.42. The number of halogens is 1. The molecule has 1 aromatic carbocycles. The van der Waals surface area contributed by atoms with E-state index in [2.05, 4.69) is 26.6 Å². The SMILES string of the molecule is NCCCNC(=O)NCc1ccccc1Br. The minimum atomic E-state index is -0.163. The van der Waals surface area contributed by atoms with Gasteiger partial charge in [0.05, 0.1) is 0 Å². The highest BCUT2D eigenvalue weighted by atomic mass is 79.9. The molecule has 0 unspecified atom stereocenters. The molecule has 5 heteroatoms. The number of amides is 2. The monoisotopic (exact) mass is 285 g/mol. The summed E-state index contributed by atoms with van der Waals surface area (Å²) in [6, 6.07) is 7.63. The van der Waals surface area contributed by atoms with Crippen molar-refractivity contribution in [3.8, 4) is 0 Å². The molecule has 0 saturated carbocycles. The Morgan fingerprint density at radius 1 is 1.31 bits per heavy atom. The Morgan fingerprint density at radius 3 is 2.75 bits per heavy atom. The fraction of sp³-hybridized carbons (Fsp3) is 0.364. The number of carbonyl (C=O) groups excluding carboxylic acids is 1. The molecular formula is C11H16BrN3O. The van der Waals surface area contributed by atoms with Crippen molar-refractivity contribution in [3.05, 3.63) is 34.3 Å². The highest BCUT2D eigenvalue weighted by Gasteiger charge is 2.01. The Hall–Kier alpha value is -1.07. The van der Waals surface area contributed by atoms with Crippen molar-refractivity contribution >= 4 is 22.0 Å². The van der Waals surface area contributed by atoms with Crippen LogP contribution in [-0.2, 0) is 6.54 Å². The maximum absolute atomic E-state index is 11.3. The van der Waals surface area contributed by atoms with Gasteiger partial charge < -0.3 is 16.4 Å². The molecule has 0 aromatic heterocycles. The number of nitrogens with two attached hydrogens (primary N) is 1. The lowest BCUT2D eigenvalue weighted by Gasteiger charge is -2.08. The van der Waals surface area contributed by atoms with E-state index in [-0.39, 0.29) is 6.03 Å². The van der Waals surface area contributed by atoms with Crippen molar-refractivity contribution in [2.45, 2.75) is 13.0 Å². The van der Waals surface area contributed by atoms with Crippen LogP contribution in [0.25, 0.3) is 0 Å². The van der Waals surface area contributed by atoms with Crippen LogP contribution in [0.15, 0.2) is 28.7 Å². The van der Waals surface area contributed by atoms with Gasteiger partial charge in [-0.25, -0.2) is 4.79 Å². The van der Waals surface area contributed by atoms with Crippen LogP contribution in [0.5, 0.6) is 0 Å². The van der Waals surface area contributed by atoms with Crippen LogP contribution in [0, 0.1) is 0 Å². The molecule has 88 valence electrons. The molecule has 0 aliphatic heterocycles. The highest BCUT2D eigenvalue weighted by molar-refractivity contribution is 9.10. The lowest BCUT2D eigenvalue weighted by atomic mass is 10.2. The third-order valence-electron chi connectivity index (χ3n) is 2.06. The first-order valence-electron chi connectivity index (χ1n) is 5.19. The van der Waals surface area contributed by atoms with E-state index >= 15 is 0 Å². The van der Waals surface area contributed by atoms with Gasteiger partial charge in [0.1, 0.15) is 0 Å². The summed E-state index contributed by atoms with van der Waals surface area (Å²) in [5, 5.41) is 5.51. The van der Waals surface area contributed by atoms with E-state index in [0.717, 1.165) is 16.5 Å². The van der Waals surface area contributed by atoms with Crippen LogP contribution >= 0.6 is 15.9 Å². The average Bonchev–Trinajstić information content (AvgIpc) is 2.28. The Balaban J connectivity index is 2.29. The van der Waals surface area contributed by atoms with E-state index in [1.165, 1.54) is 0 Å². The quantitative estimate of drug-likeness (QED) is 0.720. The molecule has 0 radical (unpaired) electrons. The Bertz CT molecular complexity index is 344. The van der Waals surface area contributed by atoms with Crippen molar-refractivity contribution < 1.29 is 4.79 Å². The Kier molecular flexibility index (Phi) is 5.88. The van der Waals surface area contributed by atoms with Crippen LogP contribution in [0.1, 0.15) is 12.0 Å². The Labute approximate surface area is 104 Å². The minimum Gasteiger partial charge on any atom is -0.338 e. The Morgan fingerprint density at radius 2 is 2.06 bits per heavy atom. The summed E-state index contributed by atoms with van der Waals surface area (Å²) in [5.74, 6) is 0. The lowest BCUT2D eigenvalue weighted by molar-refractivity contribution is 0.240. The summed E-state index contributed by atoms with van der Waals surface area (Å²) in [6.45, 7) is 1.71. The molecule has 0 aliphatic rings. The second kappa shape index (κ2) is 7.24. The number of urea groups is 1. The smallest absolute Gasteiger partial charge is 0.315 e. The first-order chi connectivity index (χ1) is 7.74. The fourth-order valence-electron chi connectivity index (χ4n) is 1.18. The average molecular weight is 286 g/mol. The summed E-state index contributed by atoms with van der Waals surface area (Å²) in [7, 11) is 0. The van der Waals surface area contributed by atoms with Crippen LogP contribution in [0.2, 0.25) is 0 Å². The number of nitrogens with one attached hydrogen (secondary N) is 2. The molecule has 1 rings (SSSR count). The summed E-state index contributed by atoms with van der Waals surface area (Å²) < 4.78 is 0.997.